The zero-order chi connectivity index (χ0) is 13.8. The molecule has 5 heteroatoms. The van der Waals surface area contributed by atoms with Crippen LogP contribution in [0.25, 0.3) is 0 Å². The molecule has 1 amide bonds. The van der Waals surface area contributed by atoms with Crippen molar-refractivity contribution in [1.29, 1.82) is 0 Å². The quantitative estimate of drug-likeness (QED) is 0.871. The van der Waals surface area contributed by atoms with Crippen molar-refractivity contribution >= 4 is 17.2 Å². The van der Waals surface area contributed by atoms with E-state index in [-0.39, 0.29) is 23.6 Å². The highest BCUT2D eigenvalue weighted by molar-refractivity contribution is 7.10. The summed E-state index contributed by atoms with van der Waals surface area (Å²) >= 11 is 1.59. The standard InChI is InChI=1S/C14H15FN2OS/c1-9(2)13(11-6-4-8-19-11)17-14(18)10-5-3-7-12(15)16-10/h3-9,13H,1-2H3,(H,17,18). The summed E-state index contributed by atoms with van der Waals surface area (Å²) in [6.07, 6.45) is 0. The number of hydrogen-bond acceptors (Lipinski definition) is 3. The van der Waals surface area contributed by atoms with Crippen molar-refractivity contribution in [3.8, 4) is 0 Å². The van der Waals surface area contributed by atoms with Crippen LogP contribution in [-0.2, 0) is 0 Å². The van der Waals surface area contributed by atoms with Crippen molar-refractivity contribution in [3.05, 3.63) is 52.2 Å². The number of hydrogen-bond donors (Lipinski definition) is 1. The average molecular weight is 278 g/mol. The molecule has 0 bridgehead atoms. The molecule has 2 rings (SSSR count). The lowest BCUT2D eigenvalue weighted by Gasteiger charge is -2.21. The molecule has 0 aliphatic rings. The van der Waals surface area contributed by atoms with Gasteiger partial charge in [0.15, 0.2) is 0 Å². The molecule has 2 aromatic heterocycles. The lowest BCUT2D eigenvalue weighted by Crippen LogP contribution is -2.31. The molecule has 1 atom stereocenters. The molecule has 0 aliphatic heterocycles. The smallest absolute Gasteiger partial charge is 0.270 e. The number of carbonyl (C=O) groups excluding carboxylic acids is 1. The third kappa shape index (κ3) is 3.38. The van der Waals surface area contributed by atoms with E-state index >= 15 is 0 Å². The topological polar surface area (TPSA) is 42.0 Å². The molecule has 0 saturated carbocycles. The van der Waals surface area contributed by atoms with Crippen LogP contribution in [0.4, 0.5) is 4.39 Å². The lowest BCUT2D eigenvalue weighted by atomic mass is 10.0. The van der Waals surface area contributed by atoms with Crippen LogP contribution in [0.15, 0.2) is 35.7 Å². The van der Waals surface area contributed by atoms with Gasteiger partial charge in [0.05, 0.1) is 6.04 Å². The number of nitrogens with zero attached hydrogens (tertiary/aromatic N) is 1. The van der Waals surface area contributed by atoms with Gasteiger partial charge in [-0.15, -0.1) is 11.3 Å². The third-order valence-electron chi connectivity index (χ3n) is 2.75. The number of amides is 1. The number of rotatable bonds is 4. The number of halogens is 1. The molecular formula is C14H15FN2OS. The zero-order valence-corrected chi connectivity index (χ0v) is 11.6. The molecule has 100 valence electrons. The summed E-state index contributed by atoms with van der Waals surface area (Å²) in [5.41, 5.74) is 0.0993. The second-order valence-corrected chi connectivity index (χ2v) is 5.54. The molecule has 1 N–H and O–H groups in total. The summed E-state index contributed by atoms with van der Waals surface area (Å²) in [5, 5.41) is 4.87. The van der Waals surface area contributed by atoms with Crippen LogP contribution in [0.3, 0.4) is 0 Å². The summed E-state index contributed by atoms with van der Waals surface area (Å²) in [4.78, 5) is 16.7. The Kier molecular flexibility index (Phi) is 4.27. The van der Waals surface area contributed by atoms with E-state index in [0.29, 0.717) is 0 Å². The number of pyridine rings is 1. The molecule has 2 aromatic rings. The minimum absolute atomic E-state index is 0.0856. The van der Waals surface area contributed by atoms with E-state index in [2.05, 4.69) is 10.3 Å². The molecular weight excluding hydrogens is 263 g/mol. The van der Waals surface area contributed by atoms with E-state index in [4.69, 9.17) is 0 Å². The minimum Gasteiger partial charge on any atom is -0.343 e. The van der Waals surface area contributed by atoms with E-state index < -0.39 is 5.95 Å². The fourth-order valence-electron chi connectivity index (χ4n) is 1.78. The summed E-state index contributed by atoms with van der Waals surface area (Å²) in [7, 11) is 0. The van der Waals surface area contributed by atoms with Crippen molar-refractivity contribution in [3.63, 3.8) is 0 Å². The molecule has 0 spiro atoms. The summed E-state index contributed by atoms with van der Waals surface area (Å²) in [5.74, 6) is -0.757. The van der Waals surface area contributed by atoms with Gasteiger partial charge in [-0.3, -0.25) is 4.79 Å². The van der Waals surface area contributed by atoms with Crippen LogP contribution < -0.4 is 5.32 Å². The Morgan fingerprint density at radius 1 is 1.32 bits per heavy atom. The number of nitrogens with one attached hydrogen (secondary N) is 1. The average Bonchev–Trinajstić information content (AvgIpc) is 2.88. The Hall–Kier alpha value is -1.75. The van der Waals surface area contributed by atoms with Crippen molar-refractivity contribution < 1.29 is 9.18 Å². The largest absolute Gasteiger partial charge is 0.343 e. The van der Waals surface area contributed by atoms with E-state index in [1.807, 2.05) is 31.4 Å². The summed E-state index contributed by atoms with van der Waals surface area (Å²) < 4.78 is 13.0. The first-order chi connectivity index (χ1) is 9.08. The van der Waals surface area contributed by atoms with E-state index in [1.54, 1.807) is 11.3 Å². The molecule has 0 saturated heterocycles. The van der Waals surface area contributed by atoms with Gasteiger partial charge in [-0.1, -0.05) is 26.0 Å². The Morgan fingerprint density at radius 3 is 2.68 bits per heavy atom. The van der Waals surface area contributed by atoms with Gasteiger partial charge in [0.25, 0.3) is 5.91 Å². The summed E-state index contributed by atoms with van der Waals surface area (Å²) in [6.45, 7) is 4.06. The first-order valence-corrected chi connectivity index (χ1v) is 6.92. The van der Waals surface area contributed by atoms with Crippen LogP contribution in [0.2, 0.25) is 0 Å². The van der Waals surface area contributed by atoms with Crippen molar-refractivity contribution in [2.75, 3.05) is 0 Å². The Labute approximate surface area is 115 Å². The molecule has 3 nitrogen and oxygen atoms in total. The van der Waals surface area contributed by atoms with Gasteiger partial charge < -0.3 is 5.32 Å². The van der Waals surface area contributed by atoms with E-state index in [9.17, 15) is 9.18 Å². The normalized spacial score (nSPS) is 12.4. The van der Waals surface area contributed by atoms with Gasteiger partial charge in [-0.05, 0) is 29.5 Å². The highest BCUT2D eigenvalue weighted by Crippen LogP contribution is 2.25. The maximum atomic E-state index is 13.0. The zero-order valence-electron chi connectivity index (χ0n) is 10.8. The minimum atomic E-state index is -0.648. The second-order valence-electron chi connectivity index (χ2n) is 4.56. The van der Waals surface area contributed by atoms with Crippen LogP contribution in [0.1, 0.15) is 35.3 Å². The SMILES string of the molecule is CC(C)C(NC(=O)c1cccc(F)n1)c1cccs1. The molecule has 2 heterocycles. The Balaban J connectivity index is 2.16. The Bertz CT molecular complexity index is 554. The molecule has 0 fully saturated rings. The lowest BCUT2D eigenvalue weighted by molar-refractivity contribution is 0.0920. The van der Waals surface area contributed by atoms with Crippen LogP contribution in [0, 0.1) is 11.9 Å². The predicted molar refractivity (Wildman–Crippen MR) is 73.6 cm³/mol. The number of thiophene rings is 1. The number of carbonyl (C=O) groups is 1. The van der Waals surface area contributed by atoms with Gasteiger partial charge >= 0.3 is 0 Å². The van der Waals surface area contributed by atoms with Gasteiger partial charge in [0.1, 0.15) is 5.69 Å². The van der Waals surface area contributed by atoms with Gasteiger partial charge in [0.2, 0.25) is 5.95 Å². The Morgan fingerprint density at radius 2 is 2.11 bits per heavy atom. The van der Waals surface area contributed by atoms with Crippen LogP contribution in [0.5, 0.6) is 0 Å². The van der Waals surface area contributed by atoms with Crippen molar-refractivity contribution in [2.24, 2.45) is 5.92 Å². The highest BCUT2D eigenvalue weighted by Gasteiger charge is 2.20. The van der Waals surface area contributed by atoms with Crippen molar-refractivity contribution in [2.45, 2.75) is 19.9 Å². The highest BCUT2D eigenvalue weighted by atomic mass is 32.1. The fraction of sp³-hybridized carbons (Fsp3) is 0.286. The van der Waals surface area contributed by atoms with E-state index in [0.717, 1.165) is 4.88 Å². The maximum Gasteiger partial charge on any atom is 0.270 e. The molecule has 19 heavy (non-hydrogen) atoms. The van der Waals surface area contributed by atoms with Crippen molar-refractivity contribution in [1.82, 2.24) is 10.3 Å². The fourth-order valence-corrected chi connectivity index (χ4v) is 2.73. The molecule has 0 aromatic carbocycles. The molecule has 0 radical (unpaired) electrons. The van der Waals surface area contributed by atoms with Gasteiger partial charge in [0, 0.05) is 4.88 Å². The van der Waals surface area contributed by atoms with Gasteiger partial charge in [-0.25, -0.2) is 4.98 Å². The maximum absolute atomic E-state index is 13.0. The predicted octanol–water partition coefficient (Wildman–Crippen LogP) is 3.41. The van der Waals surface area contributed by atoms with Crippen LogP contribution >= 0.6 is 11.3 Å². The third-order valence-corrected chi connectivity index (χ3v) is 3.71. The van der Waals surface area contributed by atoms with Crippen LogP contribution in [-0.4, -0.2) is 10.9 Å². The second kappa shape index (κ2) is 5.93. The number of aromatic nitrogens is 1. The molecule has 1 unspecified atom stereocenters. The molecule has 0 aliphatic carbocycles. The van der Waals surface area contributed by atoms with Gasteiger partial charge in [-0.2, -0.15) is 4.39 Å². The first-order valence-electron chi connectivity index (χ1n) is 6.04. The monoisotopic (exact) mass is 278 g/mol. The summed E-state index contributed by atoms with van der Waals surface area (Å²) in [6, 6.07) is 8.04. The van der Waals surface area contributed by atoms with E-state index in [1.165, 1.54) is 18.2 Å². The first kappa shape index (κ1) is 13.7.